The second-order valence-corrected chi connectivity index (χ2v) is 4.46. The van der Waals surface area contributed by atoms with Gasteiger partial charge in [0.05, 0.1) is 11.2 Å². The molecule has 1 N–H and O–H groups in total. The average Bonchev–Trinajstić information content (AvgIpc) is 2.64. The van der Waals surface area contributed by atoms with Crippen molar-refractivity contribution in [3.05, 3.63) is 51.2 Å². The lowest BCUT2D eigenvalue weighted by Gasteiger charge is -2.13. The third-order valence-corrected chi connectivity index (χ3v) is 2.82. The minimum absolute atomic E-state index is 0.381. The van der Waals surface area contributed by atoms with E-state index in [1.54, 1.807) is 18.2 Å². The molecule has 1 heterocycles. The van der Waals surface area contributed by atoms with Crippen LogP contribution in [0.4, 0.5) is 0 Å². The number of hydrogen-bond acceptors (Lipinski definition) is 2. The second kappa shape index (κ2) is 4.63. The first-order valence-electron chi connectivity index (χ1n) is 4.40. The Morgan fingerprint density at radius 1 is 1.19 bits per heavy atom. The van der Waals surface area contributed by atoms with Gasteiger partial charge in [-0.3, -0.25) is 0 Å². The van der Waals surface area contributed by atoms with Crippen molar-refractivity contribution in [2.24, 2.45) is 0 Å². The van der Waals surface area contributed by atoms with E-state index in [-0.39, 0.29) is 0 Å². The van der Waals surface area contributed by atoms with Gasteiger partial charge in [0.2, 0.25) is 0 Å². The van der Waals surface area contributed by atoms with Crippen LogP contribution < -0.4 is 0 Å². The normalized spacial score (nSPS) is 12.8. The van der Waals surface area contributed by atoms with Gasteiger partial charge < -0.3 is 5.11 Å². The molecule has 0 aliphatic rings. The molecule has 0 saturated heterocycles. The van der Waals surface area contributed by atoms with E-state index in [9.17, 15) is 5.11 Å². The minimum Gasteiger partial charge on any atom is -0.368 e. The third kappa shape index (κ3) is 2.33. The number of benzene rings is 1. The van der Waals surface area contributed by atoms with Crippen molar-refractivity contribution in [1.29, 1.82) is 0 Å². The third-order valence-electron chi connectivity index (χ3n) is 2.06. The highest BCUT2D eigenvalue weighted by molar-refractivity contribution is 6.35. The zero-order chi connectivity index (χ0) is 11.7. The number of nitrogens with zero attached hydrogens (tertiary/aromatic N) is 2. The number of aliphatic hydroxyl groups is 1. The Balaban J connectivity index is 2.37. The maximum absolute atomic E-state index is 9.99. The molecule has 0 aliphatic heterocycles. The molecule has 0 aliphatic carbocycles. The molecule has 0 saturated carbocycles. The van der Waals surface area contributed by atoms with Crippen molar-refractivity contribution in [3.8, 4) is 0 Å². The number of halogens is 3. The highest BCUT2D eigenvalue weighted by Crippen LogP contribution is 2.27. The van der Waals surface area contributed by atoms with E-state index < -0.39 is 6.23 Å². The smallest absolute Gasteiger partial charge is 0.174 e. The van der Waals surface area contributed by atoms with Crippen LogP contribution >= 0.6 is 34.8 Å². The number of aliphatic hydroxyl groups excluding tert-OH is 1. The van der Waals surface area contributed by atoms with Gasteiger partial charge in [-0.25, -0.2) is 4.68 Å². The Bertz CT molecular complexity index is 513. The Kier molecular flexibility index (Phi) is 3.40. The van der Waals surface area contributed by atoms with Gasteiger partial charge in [0.15, 0.2) is 6.23 Å². The highest BCUT2D eigenvalue weighted by atomic mass is 35.5. The summed E-state index contributed by atoms with van der Waals surface area (Å²) in [6, 6.07) is 4.86. The van der Waals surface area contributed by atoms with Crippen LogP contribution in [-0.2, 0) is 0 Å². The zero-order valence-electron chi connectivity index (χ0n) is 7.94. The molecule has 2 rings (SSSR count). The van der Waals surface area contributed by atoms with Gasteiger partial charge in [-0.2, -0.15) is 5.10 Å². The molecule has 1 aromatic carbocycles. The molecular weight excluding hydrogens is 270 g/mol. The Morgan fingerprint density at radius 2 is 1.94 bits per heavy atom. The summed E-state index contributed by atoms with van der Waals surface area (Å²) in [5.41, 5.74) is 0.519. The van der Waals surface area contributed by atoms with Crippen molar-refractivity contribution < 1.29 is 5.11 Å². The highest BCUT2D eigenvalue weighted by Gasteiger charge is 2.14. The van der Waals surface area contributed by atoms with Crippen LogP contribution in [0.15, 0.2) is 30.6 Å². The first kappa shape index (κ1) is 11.7. The van der Waals surface area contributed by atoms with Crippen molar-refractivity contribution in [2.45, 2.75) is 6.23 Å². The molecule has 16 heavy (non-hydrogen) atoms. The molecule has 0 spiro atoms. The molecule has 0 amide bonds. The van der Waals surface area contributed by atoms with Crippen molar-refractivity contribution in [3.63, 3.8) is 0 Å². The van der Waals surface area contributed by atoms with Crippen LogP contribution in [0.1, 0.15) is 11.8 Å². The summed E-state index contributed by atoms with van der Waals surface area (Å²) in [6.45, 7) is 0. The summed E-state index contributed by atoms with van der Waals surface area (Å²) < 4.78 is 1.32. The molecule has 1 atom stereocenters. The summed E-state index contributed by atoms with van der Waals surface area (Å²) in [5.74, 6) is 0. The number of hydrogen-bond donors (Lipinski definition) is 1. The molecule has 84 valence electrons. The average molecular weight is 278 g/mol. The van der Waals surface area contributed by atoms with E-state index in [1.807, 2.05) is 0 Å². The van der Waals surface area contributed by atoms with Crippen LogP contribution in [0.25, 0.3) is 0 Å². The SMILES string of the molecule is OC(c1ccc(Cl)cc1Cl)n1cc(Cl)cn1. The summed E-state index contributed by atoms with van der Waals surface area (Å²) in [7, 11) is 0. The van der Waals surface area contributed by atoms with Gasteiger partial charge in [0.1, 0.15) is 0 Å². The fourth-order valence-electron chi connectivity index (χ4n) is 1.30. The van der Waals surface area contributed by atoms with E-state index in [2.05, 4.69) is 5.10 Å². The lowest BCUT2D eigenvalue weighted by molar-refractivity contribution is 0.132. The first-order valence-corrected chi connectivity index (χ1v) is 5.54. The first-order chi connectivity index (χ1) is 7.58. The summed E-state index contributed by atoms with van der Waals surface area (Å²) in [4.78, 5) is 0. The van der Waals surface area contributed by atoms with E-state index in [1.165, 1.54) is 17.1 Å². The Morgan fingerprint density at radius 3 is 2.50 bits per heavy atom. The largest absolute Gasteiger partial charge is 0.368 e. The van der Waals surface area contributed by atoms with E-state index in [0.29, 0.717) is 20.6 Å². The molecule has 3 nitrogen and oxygen atoms in total. The molecule has 1 unspecified atom stereocenters. The molecule has 1 aromatic heterocycles. The van der Waals surface area contributed by atoms with Gasteiger partial charge in [-0.1, -0.05) is 40.9 Å². The molecule has 0 bridgehead atoms. The maximum atomic E-state index is 9.99. The molecule has 0 radical (unpaired) electrons. The molecule has 0 fully saturated rings. The lowest BCUT2D eigenvalue weighted by Crippen LogP contribution is -2.10. The summed E-state index contributed by atoms with van der Waals surface area (Å²) in [6.07, 6.45) is 1.98. The zero-order valence-corrected chi connectivity index (χ0v) is 10.2. The van der Waals surface area contributed by atoms with E-state index in [0.717, 1.165) is 0 Å². The van der Waals surface area contributed by atoms with Gasteiger partial charge in [-0.05, 0) is 12.1 Å². The quantitative estimate of drug-likeness (QED) is 0.914. The van der Waals surface area contributed by atoms with Gasteiger partial charge in [0.25, 0.3) is 0 Å². The minimum atomic E-state index is -0.975. The van der Waals surface area contributed by atoms with E-state index >= 15 is 0 Å². The van der Waals surface area contributed by atoms with E-state index in [4.69, 9.17) is 34.8 Å². The number of rotatable bonds is 2. The summed E-state index contributed by atoms with van der Waals surface area (Å²) in [5, 5.41) is 15.2. The van der Waals surface area contributed by atoms with Gasteiger partial charge in [-0.15, -0.1) is 0 Å². The van der Waals surface area contributed by atoms with Crippen LogP contribution in [0.5, 0.6) is 0 Å². The maximum Gasteiger partial charge on any atom is 0.174 e. The van der Waals surface area contributed by atoms with Crippen LogP contribution in [0.3, 0.4) is 0 Å². The predicted molar refractivity (Wildman–Crippen MR) is 64.1 cm³/mol. The molecule has 2 aromatic rings. The Hall–Kier alpha value is -0.740. The van der Waals surface area contributed by atoms with Crippen molar-refractivity contribution in [1.82, 2.24) is 9.78 Å². The van der Waals surface area contributed by atoms with Gasteiger partial charge in [0, 0.05) is 21.8 Å². The van der Waals surface area contributed by atoms with Crippen LogP contribution in [0, 0.1) is 0 Å². The molecular formula is C10H7Cl3N2O. The summed E-state index contributed by atoms with van der Waals surface area (Å²) >= 11 is 17.4. The van der Waals surface area contributed by atoms with Crippen molar-refractivity contribution >= 4 is 34.8 Å². The van der Waals surface area contributed by atoms with Crippen molar-refractivity contribution in [2.75, 3.05) is 0 Å². The second-order valence-electron chi connectivity index (χ2n) is 3.18. The molecule has 6 heteroatoms. The Labute approximate surface area is 107 Å². The van der Waals surface area contributed by atoms with Gasteiger partial charge >= 0.3 is 0 Å². The van der Waals surface area contributed by atoms with Crippen LogP contribution in [-0.4, -0.2) is 14.9 Å². The fraction of sp³-hybridized carbons (Fsp3) is 0.100. The topological polar surface area (TPSA) is 38.0 Å². The number of aromatic nitrogens is 2. The monoisotopic (exact) mass is 276 g/mol. The fourth-order valence-corrected chi connectivity index (χ4v) is 1.95. The van der Waals surface area contributed by atoms with Crippen LogP contribution in [0.2, 0.25) is 15.1 Å². The predicted octanol–water partition coefficient (Wildman–Crippen LogP) is 3.38. The standard InChI is InChI=1S/C10H7Cl3N2O/c11-6-1-2-8(9(13)3-6)10(16)15-5-7(12)4-14-15/h1-5,10,16H. The lowest BCUT2D eigenvalue weighted by atomic mass is 10.2.